The number of ketones is 1. The van der Waals surface area contributed by atoms with E-state index in [-0.39, 0.29) is 34.9 Å². The van der Waals surface area contributed by atoms with Gasteiger partial charge in [-0.1, -0.05) is 30.3 Å². The molecule has 0 aliphatic carbocycles. The number of Topliss-reactive ketones (excluding diaryl/α,β-unsaturated/α-hetero) is 1. The van der Waals surface area contributed by atoms with Crippen molar-refractivity contribution >= 4 is 17.6 Å². The van der Waals surface area contributed by atoms with Crippen molar-refractivity contribution < 1.29 is 42.8 Å². The summed E-state index contributed by atoms with van der Waals surface area (Å²) in [5.74, 6) is 1.51. The Balaban J connectivity index is 1.30. The van der Waals surface area contributed by atoms with Crippen molar-refractivity contribution in [3.63, 3.8) is 0 Å². The van der Waals surface area contributed by atoms with Crippen LogP contribution in [-0.2, 0) is 22.4 Å². The van der Waals surface area contributed by atoms with Crippen molar-refractivity contribution in [3.8, 4) is 34.5 Å². The summed E-state index contributed by atoms with van der Waals surface area (Å²) in [5.41, 5.74) is 2.51. The Kier molecular flexibility index (Phi) is 13.3. The molecule has 2 aliphatic rings. The summed E-state index contributed by atoms with van der Waals surface area (Å²) in [6.07, 6.45) is 7.67. The number of benzene rings is 3. The van der Waals surface area contributed by atoms with Gasteiger partial charge in [0.15, 0.2) is 23.0 Å². The SMILES string of the molecule is COc1cc(CCCC(CCCc2ccccc2)CN2CC3CCCC(C2=O)N3C(=O)C(=O)c2cc(OC)c(OC)c(OC)c2)cc(OC)c1OC. The van der Waals surface area contributed by atoms with Crippen molar-refractivity contribution in [1.82, 2.24) is 9.80 Å². The maximum atomic E-state index is 14.1. The number of rotatable bonds is 18. The van der Waals surface area contributed by atoms with E-state index in [1.165, 1.54) is 39.0 Å². The summed E-state index contributed by atoms with van der Waals surface area (Å²) < 4.78 is 32.9. The molecule has 2 saturated heterocycles. The number of piperidine rings is 1. The second-order valence-electron chi connectivity index (χ2n) is 13.5. The Morgan fingerprint density at radius 1 is 0.712 bits per heavy atom. The Bertz CT molecular complexity index is 1640. The average molecular weight is 717 g/mol. The van der Waals surface area contributed by atoms with Gasteiger partial charge in [0, 0.05) is 18.7 Å². The maximum Gasteiger partial charge on any atom is 0.295 e. The van der Waals surface area contributed by atoms with E-state index in [0.29, 0.717) is 42.5 Å². The van der Waals surface area contributed by atoms with Crippen molar-refractivity contribution in [3.05, 3.63) is 71.3 Å². The number of aryl methyl sites for hydroxylation is 2. The standard InChI is InChI=1S/C41H52N2O9/c1-47-33-21-29(22-34(48-2)38(33)51-5)18-11-17-28(16-10-15-27-13-8-7-9-14-27)25-42-26-31-19-12-20-32(40(42)45)43(31)41(46)37(44)30-23-35(49-3)39(52-6)36(24-30)50-4/h7-9,13-14,21-24,28,31-32H,10-12,15-20,25-26H2,1-6H3. The lowest BCUT2D eigenvalue weighted by Crippen LogP contribution is -2.66. The topological polar surface area (TPSA) is 113 Å². The molecule has 280 valence electrons. The minimum absolute atomic E-state index is 0.0836. The van der Waals surface area contributed by atoms with Crippen molar-refractivity contribution in [1.29, 1.82) is 0 Å². The van der Waals surface area contributed by atoms with E-state index in [1.54, 1.807) is 26.2 Å². The molecular weight excluding hydrogens is 664 g/mol. The normalized spacial score (nSPS) is 17.3. The summed E-state index contributed by atoms with van der Waals surface area (Å²) >= 11 is 0. The van der Waals surface area contributed by atoms with Crippen LogP contribution in [0.2, 0.25) is 0 Å². The molecule has 3 unspecified atom stereocenters. The molecule has 11 heteroatoms. The summed E-state index contributed by atoms with van der Waals surface area (Å²) in [7, 11) is 9.22. The largest absolute Gasteiger partial charge is 0.493 e. The Morgan fingerprint density at radius 2 is 1.25 bits per heavy atom. The van der Waals surface area contributed by atoms with Crippen LogP contribution in [0.3, 0.4) is 0 Å². The third-order valence-electron chi connectivity index (χ3n) is 10.3. The van der Waals surface area contributed by atoms with Crippen LogP contribution in [-0.4, -0.2) is 95.2 Å². The van der Waals surface area contributed by atoms with Gasteiger partial charge < -0.3 is 38.2 Å². The highest BCUT2D eigenvalue weighted by atomic mass is 16.5. The summed E-state index contributed by atoms with van der Waals surface area (Å²) in [4.78, 5) is 45.2. The first-order valence-electron chi connectivity index (χ1n) is 18.0. The van der Waals surface area contributed by atoms with E-state index in [4.69, 9.17) is 28.4 Å². The van der Waals surface area contributed by atoms with E-state index in [0.717, 1.165) is 56.9 Å². The Hall–Kier alpha value is -4.93. The molecular formula is C41H52N2O9. The molecule has 2 heterocycles. The molecule has 3 aromatic carbocycles. The van der Waals surface area contributed by atoms with E-state index < -0.39 is 17.7 Å². The van der Waals surface area contributed by atoms with Crippen LogP contribution < -0.4 is 28.4 Å². The molecule has 3 atom stereocenters. The average Bonchev–Trinajstić information content (AvgIpc) is 3.18. The van der Waals surface area contributed by atoms with Gasteiger partial charge in [-0.15, -0.1) is 0 Å². The van der Waals surface area contributed by atoms with Gasteiger partial charge in [-0.05, 0) is 99.1 Å². The van der Waals surface area contributed by atoms with Gasteiger partial charge in [-0.2, -0.15) is 0 Å². The third-order valence-corrected chi connectivity index (χ3v) is 10.3. The number of carbonyl (C=O) groups is 3. The highest BCUT2D eigenvalue weighted by Crippen LogP contribution is 2.40. The number of likely N-dealkylation sites (tertiary alicyclic amines) is 1. The monoisotopic (exact) mass is 716 g/mol. The molecule has 52 heavy (non-hydrogen) atoms. The van der Waals surface area contributed by atoms with Gasteiger partial charge in [-0.25, -0.2) is 0 Å². The first-order chi connectivity index (χ1) is 25.3. The number of hydrogen-bond donors (Lipinski definition) is 0. The highest BCUT2D eigenvalue weighted by Gasteiger charge is 2.47. The molecule has 11 nitrogen and oxygen atoms in total. The predicted octanol–water partition coefficient (Wildman–Crippen LogP) is 6.17. The lowest BCUT2D eigenvalue weighted by atomic mass is 9.87. The number of fused-ring (bicyclic) bond motifs is 2. The first-order valence-corrected chi connectivity index (χ1v) is 18.0. The van der Waals surface area contributed by atoms with Gasteiger partial charge in [0.25, 0.3) is 11.7 Å². The zero-order chi connectivity index (χ0) is 37.2. The lowest BCUT2D eigenvalue weighted by Gasteiger charge is -2.49. The molecule has 2 fully saturated rings. The van der Waals surface area contributed by atoms with Crippen LogP contribution in [0.25, 0.3) is 0 Å². The number of amides is 2. The molecule has 0 N–H and O–H groups in total. The first kappa shape index (κ1) is 38.3. The fourth-order valence-electron chi connectivity index (χ4n) is 7.73. The highest BCUT2D eigenvalue weighted by molar-refractivity contribution is 6.43. The van der Waals surface area contributed by atoms with E-state index in [2.05, 4.69) is 24.3 Å². The quantitative estimate of drug-likeness (QED) is 0.113. The van der Waals surface area contributed by atoms with Crippen LogP contribution in [0.5, 0.6) is 34.5 Å². The minimum atomic E-state index is -0.706. The number of carbonyl (C=O) groups excluding carboxylic acids is 3. The van der Waals surface area contributed by atoms with Crippen molar-refractivity contribution in [2.24, 2.45) is 5.92 Å². The van der Waals surface area contributed by atoms with Crippen molar-refractivity contribution in [2.75, 3.05) is 55.7 Å². The number of nitrogens with zero attached hydrogens (tertiary/aromatic N) is 2. The maximum absolute atomic E-state index is 14.1. The number of piperazine rings is 1. The molecule has 0 radical (unpaired) electrons. The van der Waals surface area contributed by atoms with Crippen LogP contribution >= 0.6 is 0 Å². The van der Waals surface area contributed by atoms with Crippen LogP contribution in [0.1, 0.15) is 66.4 Å². The second-order valence-corrected chi connectivity index (χ2v) is 13.5. The summed E-state index contributed by atoms with van der Waals surface area (Å²) in [6.45, 7) is 1.02. The number of ether oxygens (including phenoxy) is 6. The van der Waals surface area contributed by atoms with Gasteiger partial charge in [-0.3, -0.25) is 14.4 Å². The smallest absolute Gasteiger partial charge is 0.295 e. The van der Waals surface area contributed by atoms with E-state index >= 15 is 0 Å². The fourth-order valence-corrected chi connectivity index (χ4v) is 7.73. The van der Waals surface area contributed by atoms with Gasteiger partial charge >= 0.3 is 0 Å². The minimum Gasteiger partial charge on any atom is -0.493 e. The number of hydrogen-bond acceptors (Lipinski definition) is 9. The summed E-state index contributed by atoms with van der Waals surface area (Å²) in [6, 6.07) is 16.5. The molecule has 0 aromatic heterocycles. The Morgan fingerprint density at radius 3 is 1.79 bits per heavy atom. The molecule has 5 rings (SSSR count). The van der Waals surface area contributed by atoms with Gasteiger partial charge in [0.05, 0.1) is 48.7 Å². The predicted molar refractivity (Wildman–Crippen MR) is 197 cm³/mol. The molecule has 3 aromatic rings. The molecule has 2 bridgehead atoms. The van der Waals surface area contributed by atoms with E-state index in [9.17, 15) is 14.4 Å². The fraction of sp³-hybridized carbons (Fsp3) is 0.488. The Labute approximate surface area is 307 Å². The molecule has 2 amide bonds. The van der Waals surface area contributed by atoms with Crippen LogP contribution in [0.4, 0.5) is 0 Å². The van der Waals surface area contributed by atoms with Crippen molar-refractivity contribution in [2.45, 2.75) is 69.9 Å². The molecule has 2 aliphatic heterocycles. The third kappa shape index (κ3) is 8.57. The van der Waals surface area contributed by atoms with Gasteiger partial charge in [0.1, 0.15) is 6.04 Å². The van der Waals surface area contributed by atoms with Crippen LogP contribution in [0, 0.1) is 5.92 Å². The zero-order valence-corrected chi connectivity index (χ0v) is 31.3. The molecule has 0 spiro atoms. The zero-order valence-electron chi connectivity index (χ0n) is 31.3. The van der Waals surface area contributed by atoms with E-state index in [1.807, 2.05) is 23.1 Å². The second kappa shape index (κ2) is 18.0. The number of methoxy groups -OCH3 is 6. The van der Waals surface area contributed by atoms with Gasteiger partial charge in [0.2, 0.25) is 17.4 Å². The lowest BCUT2D eigenvalue weighted by molar-refractivity contribution is -0.157. The van der Waals surface area contributed by atoms with Crippen LogP contribution in [0.15, 0.2) is 54.6 Å². The molecule has 0 saturated carbocycles. The summed E-state index contributed by atoms with van der Waals surface area (Å²) in [5, 5.41) is 0.